The van der Waals surface area contributed by atoms with E-state index in [1.165, 1.54) is 61.1 Å². The maximum absolute atomic E-state index is 3.75. The lowest BCUT2D eigenvalue weighted by Crippen LogP contribution is -2.22. The van der Waals surface area contributed by atoms with Gasteiger partial charge in [-0.3, -0.25) is 0 Å². The molecule has 1 unspecified atom stereocenters. The van der Waals surface area contributed by atoms with Crippen LogP contribution in [0.25, 0.3) is 0 Å². The second-order valence-corrected chi connectivity index (χ2v) is 7.39. The molecule has 116 valence electrons. The quantitative estimate of drug-likeness (QED) is 0.482. The summed E-state index contributed by atoms with van der Waals surface area (Å²) in [7, 11) is 0. The van der Waals surface area contributed by atoms with Gasteiger partial charge in [-0.25, -0.2) is 0 Å². The van der Waals surface area contributed by atoms with Gasteiger partial charge in [-0.2, -0.15) is 0 Å². The molecule has 0 radical (unpaired) electrons. The van der Waals surface area contributed by atoms with E-state index in [0.717, 1.165) is 6.54 Å². The molecule has 0 bridgehead atoms. The van der Waals surface area contributed by atoms with Gasteiger partial charge < -0.3 is 5.32 Å². The van der Waals surface area contributed by atoms with Crippen molar-refractivity contribution in [2.45, 2.75) is 85.1 Å². The normalized spacial score (nSPS) is 12.8. The molecule has 0 amide bonds. The first-order valence-electron chi connectivity index (χ1n) is 8.49. The highest BCUT2D eigenvalue weighted by atomic mass is 32.1. The van der Waals surface area contributed by atoms with Crippen molar-refractivity contribution < 1.29 is 0 Å². The van der Waals surface area contributed by atoms with Crippen molar-refractivity contribution in [2.75, 3.05) is 6.54 Å². The Morgan fingerprint density at radius 1 is 1.00 bits per heavy atom. The Bertz CT molecular complexity index is 356. The van der Waals surface area contributed by atoms with Crippen LogP contribution in [0, 0.1) is 13.8 Å². The lowest BCUT2D eigenvalue weighted by molar-refractivity contribution is 0.466. The van der Waals surface area contributed by atoms with Crippen molar-refractivity contribution in [2.24, 2.45) is 0 Å². The van der Waals surface area contributed by atoms with E-state index in [9.17, 15) is 0 Å². The summed E-state index contributed by atoms with van der Waals surface area (Å²) in [6.45, 7) is 10.2. The SMILES string of the molecule is CCCCCCCCC(NCCC)c1cc(C)sc1C. The second-order valence-electron chi connectivity index (χ2n) is 5.93. The lowest BCUT2D eigenvalue weighted by atomic mass is 9.99. The Balaban J connectivity index is 2.42. The Kier molecular flexibility index (Phi) is 9.21. The predicted octanol–water partition coefficient (Wildman–Crippen LogP) is 6.16. The smallest absolute Gasteiger partial charge is 0.0331 e. The zero-order valence-corrected chi connectivity index (χ0v) is 14.7. The highest BCUT2D eigenvalue weighted by molar-refractivity contribution is 7.12. The number of hydrogen-bond donors (Lipinski definition) is 1. The molecule has 1 heterocycles. The Labute approximate surface area is 130 Å². The third-order valence-corrected chi connectivity index (χ3v) is 4.92. The number of nitrogens with one attached hydrogen (secondary N) is 1. The zero-order chi connectivity index (χ0) is 14.8. The summed E-state index contributed by atoms with van der Waals surface area (Å²) in [6, 6.07) is 2.97. The van der Waals surface area contributed by atoms with E-state index in [1.54, 1.807) is 5.56 Å². The fourth-order valence-corrected chi connectivity index (χ4v) is 3.80. The van der Waals surface area contributed by atoms with Crippen molar-refractivity contribution in [3.05, 3.63) is 21.4 Å². The molecule has 0 fully saturated rings. The average molecular weight is 296 g/mol. The van der Waals surface area contributed by atoms with Gasteiger partial charge >= 0.3 is 0 Å². The first-order chi connectivity index (χ1) is 9.69. The molecule has 1 atom stereocenters. The van der Waals surface area contributed by atoms with Crippen LogP contribution in [0.15, 0.2) is 6.07 Å². The van der Waals surface area contributed by atoms with Crippen LogP contribution in [-0.4, -0.2) is 6.54 Å². The molecule has 0 spiro atoms. The molecule has 20 heavy (non-hydrogen) atoms. The molecule has 2 heteroatoms. The van der Waals surface area contributed by atoms with Gasteiger partial charge in [0.15, 0.2) is 0 Å². The third kappa shape index (κ3) is 6.41. The van der Waals surface area contributed by atoms with Crippen molar-refractivity contribution in [1.82, 2.24) is 5.32 Å². The molecule has 1 rings (SSSR count). The van der Waals surface area contributed by atoms with E-state index in [4.69, 9.17) is 0 Å². The van der Waals surface area contributed by atoms with Gasteiger partial charge in [-0.15, -0.1) is 11.3 Å². The predicted molar refractivity (Wildman–Crippen MR) is 92.8 cm³/mol. The molecule has 0 saturated heterocycles. The average Bonchev–Trinajstić information content (AvgIpc) is 2.76. The molecule has 0 aliphatic rings. The number of aryl methyl sites for hydroxylation is 2. The maximum Gasteiger partial charge on any atom is 0.0331 e. The van der Waals surface area contributed by atoms with Crippen LogP contribution in [0.5, 0.6) is 0 Å². The molecule has 0 aliphatic carbocycles. The van der Waals surface area contributed by atoms with E-state index < -0.39 is 0 Å². The standard InChI is InChI=1S/C18H33NS/c1-5-7-8-9-10-11-12-18(19-13-6-2)17-14-15(3)20-16(17)4/h14,18-19H,5-13H2,1-4H3. The van der Waals surface area contributed by atoms with E-state index >= 15 is 0 Å². The van der Waals surface area contributed by atoms with Crippen molar-refractivity contribution in [3.8, 4) is 0 Å². The minimum Gasteiger partial charge on any atom is -0.310 e. The molecule has 0 saturated carbocycles. The highest BCUT2D eigenvalue weighted by Gasteiger charge is 2.14. The van der Waals surface area contributed by atoms with Crippen LogP contribution in [-0.2, 0) is 0 Å². The van der Waals surface area contributed by atoms with Gasteiger partial charge in [0.25, 0.3) is 0 Å². The molecule has 1 nitrogen and oxygen atoms in total. The number of thiophene rings is 1. The lowest BCUT2D eigenvalue weighted by Gasteiger charge is -2.19. The van der Waals surface area contributed by atoms with Crippen molar-refractivity contribution in [3.63, 3.8) is 0 Å². The summed E-state index contributed by atoms with van der Waals surface area (Å²) < 4.78 is 0. The van der Waals surface area contributed by atoms with Crippen molar-refractivity contribution in [1.29, 1.82) is 0 Å². The Hall–Kier alpha value is -0.340. The molecular formula is C18H33NS. The van der Waals surface area contributed by atoms with Crippen LogP contribution in [0.1, 0.15) is 86.6 Å². The van der Waals surface area contributed by atoms with E-state index in [1.807, 2.05) is 11.3 Å². The largest absolute Gasteiger partial charge is 0.310 e. The van der Waals surface area contributed by atoms with Crippen LogP contribution in [0.4, 0.5) is 0 Å². The van der Waals surface area contributed by atoms with Gasteiger partial charge in [0, 0.05) is 15.8 Å². The number of rotatable bonds is 11. The van der Waals surface area contributed by atoms with Crippen molar-refractivity contribution >= 4 is 11.3 Å². The van der Waals surface area contributed by atoms with E-state index in [-0.39, 0.29) is 0 Å². The highest BCUT2D eigenvalue weighted by Crippen LogP contribution is 2.29. The summed E-state index contributed by atoms with van der Waals surface area (Å²) in [6.07, 6.45) is 10.8. The summed E-state index contributed by atoms with van der Waals surface area (Å²) in [5.74, 6) is 0. The van der Waals surface area contributed by atoms with Gasteiger partial charge in [0.1, 0.15) is 0 Å². The topological polar surface area (TPSA) is 12.0 Å². The molecular weight excluding hydrogens is 262 g/mol. The second kappa shape index (κ2) is 10.4. The van der Waals surface area contributed by atoms with E-state index in [2.05, 4.69) is 39.1 Å². The number of hydrogen-bond acceptors (Lipinski definition) is 2. The molecule has 1 aromatic heterocycles. The van der Waals surface area contributed by atoms with Crippen LogP contribution < -0.4 is 5.32 Å². The Morgan fingerprint density at radius 3 is 2.30 bits per heavy atom. The van der Waals surface area contributed by atoms with Crippen LogP contribution in [0.3, 0.4) is 0 Å². The first-order valence-corrected chi connectivity index (χ1v) is 9.31. The summed E-state index contributed by atoms with van der Waals surface area (Å²) in [5, 5.41) is 3.75. The molecule has 0 aromatic carbocycles. The maximum atomic E-state index is 3.75. The zero-order valence-electron chi connectivity index (χ0n) is 13.9. The summed E-state index contributed by atoms with van der Waals surface area (Å²) >= 11 is 1.94. The summed E-state index contributed by atoms with van der Waals surface area (Å²) in [4.78, 5) is 2.95. The fraction of sp³-hybridized carbons (Fsp3) is 0.778. The molecule has 1 N–H and O–H groups in total. The third-order valence-electron chi connectivity index (χ3n) is 3.94. The minimum atomic E-state index is 0.575. The van der Waals surface area contributed by atoms with Gasteiger partial charge in [-0.1, -0.05) is 52.4 Å². The van der Waals surface area contributed by atoms with Gasteiger partial charge in [-0.05, 0) is 44.9 Å². The monoisotopic (exact) mass is 295 g/mol. The number of unbranched alkanes of at least 4 members (excludes halogenated alkanes) is 5. The molecule has 0 aliphatic heterocycles. The van der Waals surface area contributed by atoms with Crippen LogP contribution >= 0.6 is 11.3 Å². The summed E-state index contributed by atoms with van der Waals surface area (Å²) in [5.41, 5.74) is 1.55. The van der Waals surface area contributed by atoms with E-state index in [0.29, 0.717) is 6.04 Å². The van der Waals surface area contributed by atoms with Gasteiger partial charge in [0.05, 0.1) is 0 Å². The molecule has 1 aromatic rings. The van der Waals surface area contributed by atoms with Crippen LogP contribution in [0.2, 0.25) is 0 Å². The van der Waals surface area contributed by atoms with Gasteiger partial charge in [0.2, 0.25) is 0 Å². The first kappa shape index (κ1) is 17.7. The fourth-order valence-electron chi connectivity index (χ4n) is 2.81. The Morgan fingerprint density at radius 2 is 1.70 bits per heavy atom. The minimum absolute atomic E-state index is 0.575.